The summed E-state index contributed by atoms with van der Waals surface area (Å²) < 4.78 is 5.13. The molecule has 1 rings (SSSR count). The van der Waals surface area contributed by atoms with Crippen molar-refractivity contribution in [1.82, 2.24) is 10.2 Å². The summed E-state index contributed by atoms with van der Waals surface area (Å²) in [5, 5.41) is 2.97. The number of ether oxygens (including phenoxy) is 1. The Balaban J connectivity index is 2.69. The van der Waals surface area contributed by atoms with Gasteiger partial charge in [0.2, 0.25) is 5.91 Å². The molecule has 0 unspecified atom stereocenters. The molecule has 0 spiro atoms. The van der Waals surface area contributed by atoms with Crippen molar-refractivity contribution in [3.05, 3.63) is 29.8 Å². The number of hydrogen-bond donors (Lipinski definition) is 1. The minimum atomic E-state index is -0.543. The fourth-order valence-corrected chi connectivity index (χ4v) is 1.75. The molecule has 1 aromatic rings. The van der Waals surface area contributed by atoms with E-state index in [2.05, 4.69) is 5.32 Å². The number of likely N-dealkylation sites (N-methyl/N-ethyl adjacent to an activating group) is 1. The van der Waals surface area contributed by atoms with Gasteiger partial charge in [0.1, 0.15) is 5.75 Å². The highest BCUT2D eigenvalue weighted by molar-refractivity contribution is 5.87. The van der Waals surface area contributed by atoms with E-state index in [0.29, 0.717) is 6.54 Å². The molecule has 19 heavy (non-hydrogen) atoms. The smallest absolute Gasteiger partial charge is 0.230 e. The highest BCUT2D eigenvalue weighted by Crippen LogP contribution is 2.25. The summed E-state index contributed by atoms with van der Waals surface area (Å²) in [5.41, 5.74) is 0.439. The zero-order chi connectivity index (χ0) is 14.5. The number of nitrogens with zero attached hydrogens (tertiary/aromatic N) is 1. The summed E-state index contributed by atoms with van der Waals surface area (Å²) in [5.74, 6) is 0.840. The van der Waals surface area contributed by atoms with Crippen LogP contribution < -0.4 is 10.1 Å². The molecule has 106 valence electrons. The van der Waals surface area contributed by atoms with Crippen LogP contribution in [0.3, 0.4) is 0 Å². The molecule has 1 aromatic carbocycles. The van der Waals surface area contributed by atoms with Gasteiger partial charge in [0.25, 0.3) is 0 Å². The summed E-state index contributed by atoms with van der Waals surface area (Å²) in [6, 6.07) is 7.63. The molecule has 0 heterocycles. The minimum Gasteiger partial charge on any atom is -0.497 e. The molecule has 0 fully saturated rings. The van der Waals surface area contributed by atoms with E-state index in [1.54, 1.807) is 7.11 Å². The second-order valence-corrected chi connectivity index (χ2v) is 5.41. The van der Waals surface area contributed by atoms with Crippen molar-refractivity contribution in [2.75, 3.05) is 34.3 Å². The Morgan fingerprint density at radius 3 is 2.32 bits per heavy atom. The predicted octanol–water partition coefficient (Wildman–Crippen LogP) is 1.65. The Labute approximate surface area is 115 Å². The second kappa shape index (κ2) is 6.57. The maximum Gasteiger partial charge on any atom is 0.230 e. The first-order valence-corrected chi connectivity index (χ1v) is 6.45. The summed E-state index contributed by atoms with van der Waals surface area (Å²) in [4.78, 5) is 14.3. The van der Waals surface area contributed by atoms with Gasteiger partial charge in [0.05, 0.1) is 12.5 Å². The van der Waals surface area contributed by atoms with Crippen LogP contribution in [0.2, 0.25) is 0 Å². The molecular weight excluding hydrogens is 240 g/mol. The largest absolute Gasteiger partial charge is 0.497 e. The van der Waals surface area contributed by atoms with Gasteiger partial charge in [-0.15, -0.1) is 0 Å². The van der Waals surface area contributed by atoms with E-state index in [4.69, 9.17) is 4.74 Å². The van der Waals surface area contributed by atoms with Crippen molar-refractivity contribution in [2.24, 2.45) is 0 Å². The fourth-order valence-electron chi connectivity index (χ4n) is 1.75. The lowest BCUT2D eigenvalue weighted by molar-refractivity contribution is -0.125. The third kappa shape index (κ3) is 4.24. The normalized spacial score (nSPS) is 11.5. The Hall–Kier alpha value is -1.55. The van der Waals surface area contributed by atoms with Gasteiger partial charge < -0.3 is 15.0 Å². The average Bonchev–Trinajstić information content (AvgIpc) is 2.38. The highest BCUT2D eigenvalue weighted by atomic mass is 16.5. The van der Waals surface area contributed by atoms with Crippen LogP contribution in [0, 0.1) is 0 Å². The molecule has 1 N–H and O–H groups in total. The molecule has 0 saturated heterocycles. The highest BCUT2D eigenvalue weighted by Gasteiger charge is 2.29. The van der Waals surface area contributed by atoms with Crippen molar-refractivity contribution in [2.45, 2.75) is 19.3 Å². The molecule has 0 aromatic heterocycles. The number of hydrogen-bond acceptors (Lipinski definition) is 3. The van der Waals surface area contributed by atoms with Crippen molar-refractivity contribution >= 4 is 5.91 Å². The second-order valence-electron chi connectivity index (χ2n) is 5.41. The van der Waals surface area contributed by atoms with Crippen molar-refractivity contribution < 1.29 is 9.53 Å². The molecule has 0 saturated carbocycles. The lowest BCUT2D eigenvalue weighted by atomic mass is 9.83. The first kappa shape index (κ1) is 15.5. The Morgan fingerprint density at radius 2 is 1.84 bits per heavy atom. The summed E-state index contributed by atoms with van der Waals surface area (Å²) in [6.07, 6.45) is 0. The van der Waals surface area contributed by atoms with Crippen molar-refractivity contribution in [1.29, 1.82) is 0 Å². The zero-order valence-electron chi connectivity index (χ0n) is 12.5. The maximum atomic E-state index is 12.2. The molecule has 1 amide bonds. The topological polar surface area (TPSA) is 41.6 Å². The van der Waals surface area contributed by atoms with Gasteiger partial charge in [-0.1, -0.05) is 12.1 Å². The van der Waals surface area contributed by atoms with E-state index in [1.165, 1.54) is 0 Å². The van der Waals surface area contributed by atoms with E-state index in [-0.39, 0.29) is 5.91 Å². The SMILES string of the molecule is COc1ccc(C(C)(C)C(=O)NCCN(C)C)cc1. The maximum absolute atomic E-state index is 12.2. The monoisotopic (exact) mass is 264 g/mol. The van der Waals surface area contributed by atoms with Crippen molar-refractivity contribution in [3.63, 3.8) is 0 Å². The third-order valence-electron chi connectivity index (χ3n) is 3.22. The third-order valence-corrected chi connectivity index (χ3v) is 3.22. The first-order chi connectivity index (χ1) is 8.87. The van der Waals surface area contributed by atoms with Gasteiger partial charge >= 0.3 is 0 Å². The Bertz CT molecular complexity index is 411. The Morgan fingerprint density at radius 1 is 1.26 bits per heavy atom. The average molecular weight is 264 g/mol. The van der Waals surface area contributed by atoms with Gasteiger partial charge in [0.15, 0.2) is 0 Å². The van der Waals surface area contributed by atoms with Gasteiger partial charge in [-0.2, -0.15) is 0 Å². The zero-order valence-corrected chi connectivity index (χ0v) is 12.5. The van der Waals surface area contributed by atoms with Crippen LogP contribution in [0.25, 0.3) is 0 Å². The summed E-state index contributed by atoms with van der Waals surface area (Å²) in [6.45, 7) is 5.36. The molecule has 0 aliphatic heterocycles. The van der Waals surface area contributed by atoms with E-state index < -0.39 is 5.41 Å². The van der Waals surface area contributed by atoms with Crippen LogP contribution in [-0.2, 0) is 10.2 Å². The lowest BCUT2D eigenvalue weighted by Crippen LogP contribution is -2.42. The van der Waals surface area contributed by atoms with Crippen LogP contribution in [0.5, 0.6) is 5.75 Å². The fraction of sp³-hybridized carbons (Fsp3) is 0.533. The number of benzene rings is 1. The molecule has 0 radical (unpaired) electrons. The standard InChI is InChI=1S/C15H24N2O2/c1-15(2,14(18)16-10-11-17(3)4)12-6-8-13(19-5)9-7-12/h6-9H,10-11H2,1-5H3,(H,16,18). The molecule has 4 nitrogen and oxygen atoms in total. The van der Waals surface area contributed by atoms with Crippen LogP contribution in [-0.4, -0.2) is 45.1 Å². The molecule has 0 atom stereocenters. The van der Waals surface area contributed by atoms with Crippen molar-refractivity contribution in [3.8, 4) is 5.75 Å². The van der Waals surface area contributed by atoms with E-state index in [0.717, 1.165) is 17.9 Å². The summed E-state index contributed by atoms with van der Waals surface area (Å²) in [7, 11) is 5.61. The number of carbonyl (C=O) groups excluding carboxylic acids is 1. The number of carbonyl (C=O) groups is 1. The predicted molar refractivity (Wildman–Crippen MR) is 77.6 cm³/mol. The van der Waals surface area contributed by atoms with Gasteiger partial charge in [-0.05, 0) is 45.6 Å². The van der Waals surface area contributed by atoms with Gasteiger partial charge in [0, 0.05) is 13.1 Å². The van der Waals surface area contributed by atoms with Crippen LogP contribution in [0.15, 0.2) is 24.3 Å². The Kier molecular flexibility index (Phi) is 5.36. The number of nitrogens with one attached hydrogen (secondary N) is 1. The number of amides is 1. The van der Waals surface area contributed by atoms with Gasteiger partial charge in [-0.25, -0.2) is 0 Å². The molecule has 4 heteroatoms. The molecule has 0 aliphatic rings. The van der Waals surface area contributed by atoms with Crippen LogP contribution >= 0.6 is 0 Å². The van der Waals surface area contributed by atoms with Crippen LogP contribution in [0.1, 0.15) is 19.4 Å². The lowest BCUT2D eigenvalue weighted by Gasteiger charge is -2.25. The number of rotatable bonds is 6. The quantitative estimate of drug-likeness (QED) is 0.849. The molecule has 0 aliphatic carbocycles. The van der Waals surface area contributed by atoms with E-state index >= 15 is 0 Å². The van der Waals surface area contributed by atoms with E-state index in [1.807, 2.05) is 57.1 Å². The van der Waals surface area contributed by atoms with E-state index in [9.17, 15) is 4.79 Å². The van der Waals surface area contributed by atoms with Gasteiger partial charge in [-0.3, -0.25) is 4.79 Å². The van der Waals surface area contributed by atoms with Crippen LogP contribution in [0.4, 0.5) is 0 Å². The summed E-state index contributed by atoms with van der Waals surface area (Å²) >= 11 is 0. The first-order valence-electron chi connectivity index (χ1n) is 6.45. The molecule has 0 bridgehead atoms. The molecular formula is C15H24N2O2. The minimum absolute atomic E-state index is 0.0412. The number of methoxy groups -OCH3 is 1.